The van der Waals surface area contributed by atoms with Crippen molar-refractivity contribution in [2.45, 2.75) is 6.92 Å². The molecular formula is C16H13N5O4. The van der Waals surface area contributed by atoms with E-state index in [1.54, 1.807) is 24.3 Å². The number of aliphatic imine (C=N–C) groups is 1. The SMILES string of the molecule is Cc1c(C(=O)N/C(N)=N/c2nc3ccccc3o2)cccc1[N+](=O)[O-]. The summed E-state index contributed by atoms with van der Waals surface area (Å²) in [6.45, 7) is 1.49. The van der Waals surface area contributed by atoms with Gasteiger partial charge in [-0.2, -0.15) is 9.98 Å². The standard InChI is InChI=1S/C16H13N5O4/c1-9-10(5-4-7-12(9)21(23)24)14(22)19-15(17)20-16-18-11-6-2-3-8-13(11)25-16/h2-8H,1H3,(H3,17,18,19,20,22). The van der Waals surface area contributed by atoms with E-state index in [9.17, 15) is 14.9 Å². The number of hydrogen-bond donors (Lipinski definition) is 2. The molecule has 0 radical (unpaired) electrons. The lowest BCUT2D eigenvalue weighted by atomic mass is 10.1. The summed E-state index contributed by atoms with van der Waals surface area (Å²) in [4.78, 5) is 30.7. The van der Waals surface area contributed by atoms with Crippen LogP contribution in [0.2, 0.25) is 0 Å². The van der Waals surface area contributed by atoms with Crippen LogP contribution in [0.25, 0.3) is 11.1 Å². The van der Waals surface area contributed by atoms with Crippen molar-refractivity contribution in [2.75, 3.05) is 0 Å². The second kappa shape index (κ2) is 6.40. The fourth-order valence-corrected chi connectivity index (χ4v) is 2.29. The molecule has 1 heterocycles. The number of fused-ring (bicyclic) bond motifs is 1. The largest absolute Gasteiger partial charge is 0.422 e. The van der Waals surface area contributed by atoms with Gasteiger partial charge in [0, 0.05) is 17.2 Å². The normalized spacial score (nSPS) is 11.5. The van der Waals surface area contributed by atoms with E-state index in [2.05, 4.69) is 15.3 Å². The van der Waals surface area contributed by atoms with Crippen molar-refractivity contribution in [2.24, 2.45) is 10.7 Å². The summed E-state index contributed by atoms with van der Waals surface area (Å²) in [5, 5.41) is 13.3. The number of guanidine groups is 1. The van der Waals surface area contributed by atoms with Gasteiger partial charge in [0.1, 0.15) is 5.52 Å². The molecule has 0 unspecified atom stereocenters. The van der Waals surface area contributed by atoms with E-state index in [0.717, 1.165) is 0 Å². The van der Waals surface area contributed by atoms with Crippen molar-refractivity contribution < 1.29 is 14.1 Å². The van der Waals surface area contributed by atoms with E-state index >= 15 is 0 Å². The van der Waals surface area contributed by atoms with Crippen LogP contribution in [0.3, 0.4) is 0 Å². The number of hydrogen-bond acceptors (Lipinski definition) is 6. The number of para-hydroxylation sites is 2. The molecule has 0 aliphatic carbocycles. The lowest BCUT2D eigenvalue weighted by Crippen LogP contribution is -2.36. The van der Waals surface area contributed by atoms with Gasteiger partial charge >= 0.3 is 6.01 Å². The van der Waals surface area contributed by atoms with Gasteiger partial charge in [0.25, 0.3) is 11.6 Å². The summed E-state index contributed by atoms with van der Waals surface area (Å²) in [6.07, 6.45) is 0. The van der Waals surface area contributed by atoms with Crippen molar-refractivity contribution in [1.82, 2.24) is 10.3 Å². The molecule has 3 aromatic rings. The molecular weight excluding hydrogens is 326 g/mol. The van der Waals surface area contributed by atoms with Crippen molar-refractivity contribution in [1.29, 1.82) is 0 Å². The fraction of sp³-hybridized carbons (Fsp3) is 0.0625. The smallest absolute Gasteiger partial charge is 0.325 e. The van der Waals surface area contributed by atoms with Gasteiger partial charge in [0.15, 0.2) is 5.58 Å². The number of carbonyl (C=O) groups is 1. The molecule has 126 valence electrons. The summed E-state index contributed by atoms with van der Waals surface area (Å²) >= 11 is 0. The topological polar surface area (TPSA) is 137 Å². The van der Waals surface area contributed by atoms with Gasteiger partial charge in [-0.1, -0.05) is 18.2 Å². The van der Waals surface area contributed by atoms with E-state index < -0.39 is 10.8 Å². The first-order chi connectivity index (χ1) is 12.0. The molecule has 2 aromatic carbocycles. The summed E-state index contributed by atoms with van der Waals surface area (Å²) in [7, 11) is 0. The molecule has 0 spiro atoms. The Kier molecular flexibility index (Phi) is 4.12. The zero-order chi connectivity index (χ0) is 18.0. The zero-order valence-electron chi connectivity index (χ0n) is 13.1. The number of oxazole rings is 1. The van der Waals surface area contributed by atoms with E-state index in [1.165, 1.54) is 25.1 Å². The van der Waals surface area contributed by atoms with Gasteiger partial charge in [-0.15, -0.1) is 0 Å². The number of nitro benzene ring substituents is 1. The van der Waals surface area contributed by atoms with Crippen LogP contribution in [0.5, 0.6) is 0 Å². The zero-order valence-corrected chi connectivity index (χ0v) is 13.1. The summed E-state index contributed by atoms with van der Waals surface area (Å²) < 4.78 is 5.38. The average molecular weight is 339 g/mol. The summed E-state index contributed by atoms with van der Waals surface area (Å²) in [6, 6.07) is 11.3. The Balaban J connectivity index is 1.83. The first kappa shape index (κ1) is 16.1. The lowest BCUT2D eigenvalue weighted by Gasteiger charge is -2.06. The molecule has 0 saturated carbocycles. The Morgan fingerprint density at radius 3 is 2.76 bits per heavy atom. The van der Waals surface area contributed by atoms with Crippen LogP contribution in [0, 0.1) is 17.0 Å². The van der Waals surface area contributed by atoms with Gasteiger partial charge in [0.05, 0.1) is 4.92 Å². The van der Waals surface area contributed by atoms with Gasteiger partial charge in [-0.05, 0) is 25.1 Å². The van der Waals surface area contributed by atoms with Gasteiger partial charge < -0.3 is 10.2 Å². The average Bonchev–Trinajstić information content (AvgIpc) is 2.96. The molecule has 0 saturated heterocycles. The number of nitrogens with one attached hydrogen (secondary N) is 1. The predicted molar refractivity (Wildman–Crippen MR) is 90.6 cm³/mol. The third-order valence-electron chi connectivity index (χ3n) is 3.49. The number of carbonyl (C=O) groups excluding carboxylic acids is 1. The van der Waals surface area contributed by atoms with Crippen molar-refractivity contribution in [3.63, 3.8) is 0 Å². The lowest BCUT2D eigenvalue weighted by molar-refractivity contribution is -0.385. The molecule has 0 fully saturated rings. The first-order valence-electron chi connectivity index (χ1n) is 7.21. The highest BCUT2D eigenvalue weighted by atomic mass is 16.6. The minimum atomic E-state index is -0.612. The number of aromatic nitrogens is 1. The van der Waals surface area contributed by atoms with Gasteiger partial charge in [-0.25, -0.2) is 0 Å². The Hall–Kier alpha value is -3.75. The molecule has 3 N–H and O–H groups in total. The van der Waals surface area contributed by atoms with Crippen molar-refractivity contribution in [3.8, 4) is 0 Å². The monoisotopic (exact) mass is 339 g/mol. The molecule has 3 rings (SSSR count). The molecule has 1 aromatic heterocycles. The number of nitrogens with two attached hydrogens (primary N) is 1. The number of benzene rings is 2. The molecule has 0 bridgehead atoms. The maximum atomic E-state index is 12.3. The van der Waals surface area contributed by atoms with Crippen LogP contribution >= 0.6 is 0 Å². The molecule has 9 nitrogen and oxygen atoms in total. The van der Waals surface area contributed by atoms with Crippen molar-refractivity contribution >= 4 is 34.7 Å². The van der Waals surface area contributed by atoms with Crippen LogP contribution in [-0.2, 0) is 0 Å². The van der Waals surface area contributed by atoms with Crippen LogP contribution in [-0.4, -0.2) is 21.8 Å². The first-order valence-corrected chi connectivity index (χ1v) is 7.21. The number of amides is 1. The molecule has 0 aliphatic heterocycles. The minimum Gasteiger partial charge on any atom is -0.422 e. The number of nitro groups is 1. The summed E-state index contributed by atoms with van der Waals surface area (Å²) in [5.74, 6) is -0.846. The maximum Gasteiger partial charge on any atom is 0.325 e. The van der Waals surface area contributed by atoms with Gasteiger partial charge in [-0.3, -0.25) is 20.2 Å². The van der Waals surface area contributed by atoms with E-state index in [1.807, 2.05) is 0 Å². The van der Waals surface area contributed by atoms with E-state index in [-0.39, 0.29) is 28.8 Å². The molecule has 25 heavy (non-hydrogen) atoms. The van der Waals surface area contributed by atoms with Gasteiger partial charge in [0.2, 0.25) is 5.96 Å². The van der Waals surface area contributed by atoms with Crippen LogP contribution in [0.15, 0.2) is 51.9 Å². The highest BCUT2D eigenvalue weighted by molar-refractivity contribution is 6.06. The predicted octanol–water partition coefficient (Wildman–Crippen LogP) is 2.42. The van der Waals surface area contributed by atoms with E-state index in [4.69, 9.17) is 10.2 Å². The maximum absolute atomic E-state index is 12.3. The highest BCUT2D eigenvalue weighted by Crippen LogP contribution is 2.22. The Morgan fingerprint density at radius 1 is 1.28 bits per heavy atom. The van der Waals surface area contributed by atoms with Crippen LogP contribution in [0.4, 0.5) is 11.7 Å². The minimum absolute atomic E-state index is 0.00485. The van der Waals surface area contributed by atoms with Crippen LogP contribution in [0.1, 0.15) is 15.9 Å². The Labute approximate surface area is 141 Å². The second-order valence-electron chi connectivity index (χ2n) is 5.12. The summed E-state index contributed by atoms with van der Waals surface area (Å²) in [5.41, 5.74) is 7.06. The second-order valence-corrected chi connectivity index (χ2v) is 5.12. The fourth-order valence-electron chi connectivity index (χ4n) is 2.29. The quantitative estimate of drug-likeness (QED) is 0.325. The van der Waals surface area contributed by atoms with Crippen LogP contribution < -0.4 is 11.1 Å². The molecule has 1 amide bonds. The Morgan fingerprint density at radius 2 is 2.04 bits per heavy atom. The Bertz CT molecular complexity index is 976. The number of nitrogens with zero attached hydrogens (tertiary/aromatic N) is 3. The third-order valence-corrected chi connectivity index (χ3v) is 3.49. The highest BCUT2D eigenvalue weighted by Gasteiger charge is 2.18. The molecule has 9 heteroatoms. The number of rotatable bonds is 3. The molecule has 0 aliphatic rings. The molecule has 0 atom stereocenters. The van der Waals surface area contributed by atoms with Crippen molar-refractivity contribution in [3.05, 3.63) is 63.7 Å². The third kappa shape index (κ3) is 3.29. The van der Waals surface area contributed by atoms with E-state index in [0.29, 0.717) is 11.1 Å².